The highest BCUT2D eigenvalue weighted by Crippen LogP contribution is 2.19. The molecule has 2 nitrogen and oxygen atoms in total. The third kappa shape index (κ3) is 8.12. The fraction of sp³-hybridized carbons (Fsp3) is 1.00. The highest BCUT2D eigenvalue weighted by Gasteiger charge is 2.18. The van der Waals surface area contributed by atoms with Crippen LogP contribution in [0.1, 0.15) is 48.0 Å². The van der Waals surface area contributed by atoms with Crippen LogP contribution in [0.4, 0.5) is 0 Å². The van der Waals surface area contributed by atoms with E-state index in [1.165, 1.54) is 26.1 Å². The molecule has 0 spiro atoms. The molecule has 0 rings (SSSR count). The Bertz CT molecular complexity index is 164. The third-order valence-electron chi connectivity index (χ3n) is 2.90. The van der Waals surface area contributed by atoms with Crippen LogP contribution in [-0.2, 0) is 0 Å². The van der Waals surface area contributed by atoms with Gasteiger partial charge in [0, 0.05) is 13.1 Å². The van der Waals surface area contributed by atoms with E-state index in [2.05, 4.69) is 46.4 Å². The molecule has 2 heteroatoms. The van der Waals surface area contributed by atoms with Gasteiger partial charge in [0.05, 0.1) is 0 Å². The zero-order valence-corrected chi connectivity index (χ0v) is 12.2. The van der Waals surface area contributed by atoms with E-state index in [0.29, 0.717) is 0 Å². The molecule has 0 aromatic carbocycles. The van der Waals surface area contributed by atoms with E-state index in [4.69, 9.17) is 5.73 Å². The summed E-state index contributed by atoms with van der Waals surface area (Å²) < 4.78 is 0. The molecule has 16 heavy (non-hydrogen) atoms. The van der Waals surface area contributed by atoms with Crippen molar-refractivity contribution in [1.82, 2.24) is 4.90 Å². The van der Waals surface area contributed by atoms with Crippen molar-refractivity contribution in [3.63, 3.8) is 0 Å². The second-order valence-electron chi connectivity index (χ2n) is 6.67. The van der Waals surface area contributed by atoms with Crippen LogP contribution in [0.2, 0.25) is 0 Å². The van der Waals surface area contributed by atoms with Crippen LogP contribution in [0.15, 0.2) is 0 Å². The molecule has 0 atom stereocenters. The number of nitrogens with two attached hydrogens (primary N) is 1. The van der Waals surface area contributed by atoms with Gasteiger partial charge in [-0.25, -0.2) is 0 Å². The quantitative estimate of drug-likeness (QED) is 0.692. The summed E-state index contributed by atoms with van der Waals surface area (Å²) in [6, 6.07) is 0. The van der Waals surface area contributed by atoms with Crippen LogP contribution in [-0.4, -0.2) is 31.1 Å². The molecule has 0 amide bonds. The minimum Gasteiger partial charge on any atom is -0.330 e. The molecular weight excluding hydrogens is 196 g/mol. The Hall–Kier alpha value is -0.0800. The van der Waals surface area contributed by atoms with Gasteiger partial charge in [-0.15, -0.1) is 0 Å². The molecule has 0 aliphatic heterocycles. The highest BCUT2D eigenvalue weighted by molar-refractivity contribution is 4.72. The van der Waals surface area contributed by atoms with Gasteiger partial charge in [-0.2, -0.15) is 0 Å². The van der Waals surface area contributed by atoms with Gasteiger partial charge < -0.3 is 10.6 Å². The second-order valence-corrected chi connectivity index (χ2v) is 6.67. The minimum atomic E-state index is 0.284. The molecule has 0 fully saturated rings. The SMILES string of the molecule is CC(C)CN(CCC(C)(C)CN)CC(C)C. The van der Waals surface area contributed by atoms with E-state index in [1.807, 2.05) is 0 Å². The van der Waals surface area contributed by atoms with Crippen LogP contribution < -0.4 is 5.73 Å². The number of hydrogen-bond acceptors (Lipinski definition) is 2. The van der Waals surface area contributed by atoms with Crippen LogP contribution >= 0.6 is 0 Å². The first-order valence-corrected chi connectivity index (χ1v) is 6.69. The van der Waals surface area contributed by atoms with Gasteiger partial charge in [-0.05, 0) is 36.8 Å². The minimum absolute atomic E-state index is 0.284. The lowest BCUT2D eigenvalue weighted by Crippen LogP contribution is -2.36. The summed E-state index contributed by atoms with van der Waals surface area (Å²) in [7, 11) is 0. The fourth-order valence-corrected chi connectivity index (χ4v) is 1.85. The standard InChI is InChI=1S/C14H32N2/c1-12(2)9-16(10-13(3)4)8-7-14(5,6)11-15/h12-13H,7-11,15H2,1-6H3. The predicted molar refractivity (Wildman–Crippen MR) is 73.6 cm³/mol. The molecule has 0 saturated carbocycles. The first kappa shape index (κ1) is 15.9. The van der Waals surface area contributed by atoms with E-state index >= 15 is 0 Å². The van der Waals surface area contributed by atoms with Gasteiger partial charge in [0.1, 0.15) is 0 Å². The fourth-order valence-electron chi connectivity index (χ4n) is 1.85. The normalized spacial score (nSPS) is 13.1. The van der Waals surface area contributed by atoms with E-state index < -0.39 is 0 Å². The summed E-state index contributed by atoms with van der Waals surface area (Å²) in [5.41, 5.74) is 6.06. The molecule has 0 aliphatic rings. The van der Waals surface area contributed by atoms with Crippen molar-refractivity contribution in [3.05, 3.63) is 0 Å². The summed E-state index contributed by atoms with van der Waals surface area (Å²) >= 11 is 0. The van der Waals surface area contributed by atoms with Crippen molar-refractivity contribution in [2.45, 2.75) is 48.0 Å². The van der Waals surface area contributed by atoms with Gasteiger partial charge in [-0.1, -0.05) is 41.5 Å². The molecule has 0 radical (unpaired) electrons. The van der Waals surface area contributed by atoms with Crippen molar-refractivity contribution in [1.29, 1.82) is 0 Å². The topological polar surface area (TPSA) is 29.3 Å². The lowest BCUT2D eigenvalue weighted by Gasteiger charge is -2.30. The Kier molecular flexibility index (Phi) is 7.25. The summed E-state index contributed by atoms with van der Waals surface area (Å²) in [5, 5.41) is 0. The van der Waals surface area contributed by atoms with Crippen molar-refractivity contribution in [3.8, 4) is 0 Å². The molecule has 98 valence electrons. The molecule has 0 unspecified atom stereocenters. The van der Waals surface area contributed by atoms with Gasteiger partial charge >= 0.3 is 0 Å². The Morgan fingerprint density at radius 2 is 1.44 bits per heavy atom. The maximum absolute atomic E-state index is 5.78. The Morgan fingerprint density at radius 1 is 1.00 bits per heavy atom. The molecule has 0 aromatic heterocycles. The average molecular weight is 228 g/mol. The molecule has 0 bridgehead atoms. The van der Waals surface area contributed by atoms with Crippen molar-refractivity contribution in [2.75, 3.05) is 26.2 Å². The average Bonchev–Trinajstić information content (AvgIpc) is 2.13. The molecule has 0 aliphatic carbocycles. The first-order valence-electron chi connectivity index (χ1n) is 6.69. The summed E-state index contributed by atoms with van der Waals surface area (Å²) in [4.78, 5) is 2.59. The summed E-state index contributed by atoms with van der Waals surface area (Å²) in [6.45, 7) is 18.1. The smallest absolute Gasteiger partial charge is 0.000450 e. The second kappa shape index (κ2) is 7.29. The molecule has 0 heterocycles. The highest BCUT2D eigenvalue weighted by atomic mass is 15.1. The first-order chi connectivity index (χ1) is 7.26. The number of hydrogen-bond donors (Lipinski definition) is 1. The predicted octanol–water partition coefficient (Wildman–Crippen LogP) is 2.98. The Balaban J connectivity index is 4.10. The van der Waals surface area contributed by atoms with Crippen LogP contribution in [0, 0.1) is 17.3 Å². The largest absolute Gasteiger partial charge is 0.330 e. The van der Waals surface area contributed by atoms with E-state index in [-0.39, 0.29) is 5.41 Å². The van der Waals surface area contributed by atoms with E-state index in [9.17, 15) is 0 Å². The van der Waals surface area contributed by atoms with Crippen LogP contribution in [0.25, 0.3) is 0 Å². The lowest BCUT2D eigenvalue weighted by molar-refractivity contribution is 0.185. The maximum Gasteiger partial charge on any atom is 0.000450 e. The monoisotopic (exact) mass is 228 g/mol. The zero-order valence-electron chi connectivity index (χ0n) is 12.2. The van der Waals surface area contributed by atoms with Gasteiger partial charge in [0.15, 0.2) is 0 Å². The van der Waals surface area contributed by atoms with E-state index in [0.717, 1.165) is 18.4 Å². The summed E-state index contributed by atoms with van der Waals surface area (Å²) in [6.07, 6.45) is 1.20. The maximum atomic E-state index is 5.78. The molecular formula is C14H32N2. The van der Waals surface area contributed by atoms with E-state index in [1.54, 1.807) is 0 Å². The van der Waals surface area contributed by atoms with Crippen molar-refractivity contribution in [2.24, 2.45) is 23.0 Å². The number of nitrogens with zero attached hydrogens (tertiary/aromatic N) is 1. The van der Waals surface area contributed by atoms with Gasteiger partial charge in [0.2, 0.25) is 0 Å². The lowest BCUT2D eigenvalue weighted by atomic mass is 9.89. The molecule has 0 saturated heterocycles. The summed E-state index contributed by atoms with van der Waals surface area (Å²) in [5.74, 6) is 1.50. The Labute approximate surface area is 103 Å². The molecule has 0 aromatic rings. The van der Waals surface area contributed by atoms with Crippen molar-refractivity contribution < 1.29 is 0 Å². The number of rotatable bonds is 8. The third-order valence-corrected chi connectivity index (χ3v) is 2.90. The van der Waals surface area contributed by atoms with Crippen LogP contribution in [0.5, 0.6) is 0 Å². The van der Waals surface area contributed by atoms with Crippen molar-refractivity contribution >= 4 is 0 Å². The van der Waals surface area contributed by atoms with Gasteiger partial charge in [-0.3, -0.25) is 0 Å². The van der Waals surface area contributed by atoms with Crippen LogP contribution in [0.3, 0.4) is 0 Å². The van der Waals surface area contributed by atoms with Gasteiger partial charge in [0.25, 0.3) is 0 Å². The Morgan fingerprint density at radius 3 is 1.75 bits per heavy atom. The molecule has 2 N–H and O–H groups in total. The zero-order chi connectivity index (χ0) is 12.8.